The van der Waals surface area contributed by atoms with Gasteiger partial charge in [-0.15, -0.1) is 24.8 Å². The van der Waals surface area contributed by atoms with Gasteiger partial charge >= 0.3 is 0 Å². The smallest absolute Gasteiger partial charge is 0.160 e. The fourth-order valence-electron chi connectivity index (χ4n) is 2.23. The predicted octanol–water partition coefficient (Wildman–Crippen LogP) is 2.21. The highest BCUT2D eigenvalue weighted by Gasteiger charge is 2.18. The highest BCUT2D eigenvalue weighted by Crippen LogP contribution is 2.30. The Labute approximate surface area is 127 Å². The first-order chi connectivity index (χ1) is 8.22. The standard InChI is InChI=1S/C13H20N2O2.2ClH/c1-10(15-7-5-14-6-8-15)11-3-4-12(16)13(9-11)17-2;;/h3-4,9-10,14,16H,5-8H2,1-2H3;2*1H/t10-;;/m0../s1. The molecule has 0 aromatic heterocycles. The van der Waals surface area contributed by atoms with Crippen molar-refractivity contribution in [2.24, 2.45) is 0 Å². The summed E-state index contributed by atoms with van der Waals surface area (Å²) >= 11 is 0. The van der Waals surface area contributed by atoms with Crippen LogP contribution in [-0.2, 0) is 0 Å². The normalized spacial score (nSPS) is 16.9. The third-order valence-electron chi connectivity index (χ3n) is 3.39. The van der Waals surface area contributed by atoms with Gasteiger partial charge in [-0.05, 0) is 24.6 Å². The molecule has 1 aliphatic rings. The molecule has 0 radical (unpaired) electrons. The number of hydrogen-bond donors (Lipinski definition) is 2. The highest BCUT2D eigenvalue weighted by molar-refractivity contribution is 5.85. The minimum Gasteiger partial charge on any atom is -0.504 e. The van der Waals surface area contributed by atoms with Crippen molar-refractivity contribution in [3.05, 3.63) is 23.8 Å². The van der Waals surface area contributed by atoms with Crippen LogP contribution >= 0.6 is 24.8 Å². The molecule has 1 aromatic rings. The number of benzene rings is 1. The maximum atomic E-state index is 9.58. The van der Waals surface area contributed by atoms with E-state index in [1.807, 2.05) is 12.1 Å². The van der Waals surface area contributed by atoms with E-state index in [9.17, 15) is 5.11 Å². The van der Waals surface area contributed by atoms with Crippen LogP contribution in [0.3, 0.4) is 0 Å². The number of ether oxygens (including phenoxy) is 1. The lowest BCUT2D eigenvalue weighted by Crippen LogP contribution is -2.44. The van der Waals surface area contributed by atoms with Crippen molar-refractivity contribution in [3.8, 4) is 11.5 Å². The topological polar surface area (TPSA) is 44.7 Å². The number of piperazine rings is 1. The predicted molar refractivity (Wildman–Crippen MR) is 82.0 cm³/mol. The zero-order valence-electron chi connectivity index (χ0n) is 11.3. The Kier molecular flexibility index (Phi) is 8.18. The van der Waals surface area contributed by atoms with Crippen molar-refractivity contribution in [1.82, 2.24) is 10.2 Å². The van der Waals surface area contributed by atoms with Crippen LogP contribution in [0.25, 0.3) is 0 Å². The average Bonchev–Trinajstić information content (AvgIpc) is 2.39. The molecule has 0 aliphatic carbocycles. The Morgan fingerprint density at radius 1 is 1.26 bits per heavy atom. The zero-order chi connectivity index (χ0) is 12.3. The Balaban J connectivity index is 0.00000162. The number of hydrogen-bond acceptors (Lipinski definition) is 4. The van der Waals surface area contributed by atoms with Gasteiger partial charge < -0.3 is 15.2 Å². The van der Waals surface area contributed by atoms with Crippen molar-refractivity contribution in [3.63, 3.8) is 0 Å². The van der Waals surface area contributed by atoms with Gasteiger partial charge in [0.05, 0.1) is 7.11 Å². The second-order valence-electron chi connectivity index (χ2n) is 4.39. The van der Waals surface area contributed by atoms with Gasteiger partial charge in [-0.3, -0.25) is 4.90 Å². The van der Waals surface area contributed by atoms with Gasteiger partial charge in [-0.25, -0.2) is 0 Å². The Hall–Kier alpha value is -0.680. The molecule has 19 heavy (non-hydrogen) atoms. The minimum absolute atomic E-state index is 0. The van der Waals surface area contributed by atoms with Gasteiger partial charge in [-0.2, -0.15) is 0 Å². The molecule has 6 heteroatoms. The number of nitrogens with one attached hydrogen (secondary N) is 1. The molecule has 0 unspecified atom stereocenters. The molecular weight excluding hydrogens is 287 g/mol. The molecule has 1 atom stereocenters. The van der Waals surface area contributed by atoms with Gasteiger partial charge in [-0.1, -0.05) is 6.07 Å². The molecule has 2 N–H and O–H groups in total. The monoisotopic (exact) mass is 308 g/mol. The van der Waals surface area contributed by atoms with Crippen LogP contribution < -0.4 is 10.1 Å². The van der Waals surface area contributed by atoms with Crippen LogP contribution in [0.4, 0.5) is 0 Å². The SMILES string of the molecule is COc1cc([C@H](C)N2CCNCC2)ccc1O.Cl.Cl. The molecule has 0 saturated carbocycles. The number of phenols is 1. The first-order valence-electron chi connectivity index (χ1n) is 6.04. The molecule has 1 heterocycles. The van der Waals surface area contributed by atoms with Gasteiger partial charge in [0, 0.05) is 32.2 Å². The summed E-state index contributed by atoms with van der Waals surface area (Å²) in [7, 11) is 1.58. The molecule has 1 saturated heterocycles. The van der Waals surface area contributed by atoms with Gasteiger partial charge in [0.1, 0.15) is 0 Å². The number of aromatic hydroxyl groups is 1. The first-order valence-corrected chi connectivity index (χ1v) is 6.04. The molecule has 1 aliphatic heterocycles. The fraction of sp³-hybridized carbons (Fsp3) is 0.538. The van der Waals surface area contributed by atoms with E-state index >= 15 is 0 Å². The van der Waals surface area contributed by atoms with Crippen LogP contribution in [0.15, 0.2) is 18.2 Å². The van der Waals surface area contributed by atoms with Crippen LogP contribution in [0.2, 0.25) is 0 Å². The van der Waals surface area contributed by atoms with Crippen LogP contribution in [0.5, 0.6) is 11.5 Å². The summed E-state index contributed by atoms with van der Waals surface area (Å²) in [4.78, 5) is 2.43. The number of phenolic OH excluding ortho intramolecular Hbond substituents is 1. The third-order valence-corrected chi connectivity index (χ3v) is 3.39. The summed E-state index contributed by atoms with van der Waals surface area (Å²) in [5, 5.41) is 12.9. The fourth-order valence-corrected chi connectivity index (χ4v) is 2.23. The van der Waals surface area contributed by atoms with Gasteiger partial charge in [0.25, 0.3) is 0 Å². The number of rotatable bonds is 3. The molecule has 4 nitrogen and oxygen atoms in total. The molecule has 0 bridgehead atoms. The Morgan fingerprint density at radius 2 is 1.89 bits per heavy atom. The largest absolute Gasteiger partial charge is 0.504 e. The van der Waals surface area contributed by atoms with Crippen LogP contribution in [0.1, 0.15) is 18.5 Å². The van der Waals surface area contributed by atoms with E-state index in [2.05, 4.69) is 17.1 Å². The lowest BCUT2D eigenvalue weighted by molar-refractivity contribution is 0.185. The molecule has 110 valence electrons. The molecule has 0 spiro atoms. The van der Waals surface area contributed by atoms with E-state index < -0.39 is 0 Å². The van der Waals surface area contributed by atoms with E-state index in [1.54, 1.807) is 13.2 Å². The van der Waals surface area contributed by atoms with Crippen molar-refractivity contribution in [2.75, 3.05) is 33.3 Å². The Bertz CT molecular complexity index is 385. The summed E-state index contributed by atoms with van der Waals surface area (Å²) in [6.45, 7) is 6.39. The van der Waals surface area contributed by atoms with E-state index in [0.717, 1.165) is 26.2 Å². The van der Waals surface area contributed by atoms with E-state index in [-0.39, 0.29) is 30.6 Å². The minimum atomic E-state index is 0. The summed E-state index contributed by atoms with van der Waals surface area (Å²) in [6.07, 6.45) is 0. The molecule has 1 fully saturated rings. The average molecular weight is 309 g/mol. The second kappa shape index (κ2) is 8.48. The third kappa shape index (κ3) is 4.42. The summed E-state index contributed by atoms with van der Waals surface area (Å²) in [5.74, 6) is 0.744. The molecule has 0 amide bonds. The van der Waals surface area contributed by atoms with Gasteiger partial charge in [0.2, 0.25) is 0 Å². The van der Waals surface area contributed by atoms with E-state index in [1.165, 1.54) is 5.56 Å². The zero-order valence-corrected chi connectivity index (χ0v) is 12.9. The van der Waals surface area contributed by atoms with Gasteiger partial charge in [0.15, 0.2) is 11.5 Å². The highest BCUT2D eigenvalue weighted by atomic mass is 35.5. The number of methoxy groups -OCH3 is 1. The first kappa shape index (κ1) is 18.3. The molecular formula is C13H22Cl2N2O2. The summed E-state index contributed by atoms with van der Waals surface area (Å²) in [6, 6.07) is 5.94. The lowest BCUT2D eigenvalue weighted by Gasteiger charge is -2.33. The maximum Gasteiger partial charge on any atom is 0.160 e. The van der Waals surface area contributed by atoms with Crippen LogP contribution in [-0.4, -0.2) is 43.3 Å². The van der Waals surface area contributed by atoms with E-state index in [4.69, 9.17) is 4.74 Å². The second-order valence-corrected chi connectivity index (χ2v) is 4.39. The van der Waals surface area contributed by atoms with Crippen LogP contribution in [0, 0.1) is 0 Å². The summed E-state index contributed by atoms with van der Waals surface area (Å²) < 4.78 is 5.14. The maximum absolute atomic E-state index is 9.58. The molecule has 2 rings (SSSR count). The van der Waals surface area contributed by atoms with Crippen molar-refractivity contribution < 1.29 is 9.84 Å². The molecule has 1 aromatic carbocycles. The van der Waals surface area contributed by atoms with Crippen molar-refractivity contribution in [1.29, 1.82) is 0 Å². The van der Waals surface area contributed by atoms with E-state index in [0.29, 0.717) is 11.8 Å². The van der Waals surface area contributed by atoms with Crippen molar-refractivity contribution in [2.45, 2.75) is 13.0 Å². The Morgan fingerprint density at radius 3 is 2.47 bits per heavy atom. The number of halogens is 2. The number of nitrogens with zero attached hydrogens (tertiary/aromatic N) is 1. The van der Waals surface area contributed by atoms with Crippen molar-refractivity contribution >= 4 is 24.8 Å². The quantitative estimate of drug-likeness (QED) is 0.898. The summed E-state index contributed by atoms with van der Waals surface area (Å²) in [5.41, 5.74) is 1.18. The lowest BCUT2D eigenvalue weighted by atomic mass is 10.1.